The predicted molar refractivity (Wildman–Crippen MR) is 74.2 cm³/mol. The molecule has 4 heteroatoms. The van der Waals surface area contributed by atoms with Crippen molar-refractivity contribution in [2.45, 2.75) is 32.2 Å². The van der Waals surface area contributed by atoms with Crippen LogP contribution in [0.1, 0.15) is 48.1 Å². The van der Waals surface area contributed by atoms with Crippen LogP contribution in [-0.4, -0.2) is 19.1 Å². The van der Waals surface area contributed by atoms with Crippen molar-refractivity contribution in [1.82, 2.24) is 5.32 Å². The standard InChI is InChI=1S/C14H19NO2.ClH/c1-2-17-14(16)12-8-6-11(7-9-12)13-5-3-4-10-15-13;/h6-9,13,15H,2-5,10H2,1H3;1H/t13-;/m0./s1. The Labute approximate surface area is 114 Å². The predicted octanol–water partition coefficient (Wildman–Crippen LogP) is 3.10. The summed E-state index contributed by atoms with van der Waals surface area (Å²) in [6.07, 6.45) is 3.72. The number of rotatable bonds is 3. The van der Waals surface area contributed by atoms with E-state index in [1.807, 2.05) is 31.2 Å². The van der Waals surface area contributed by atoms with Gasteiger partial charge in [-0.3, -0.25) is 0 Å². The Kier molecular flexibility index (Phi) is 6.16. The smallest absolute Gasteiger partial charge is 0.338 e. The van der Waals surface area contributed by atoms with E-state index in [-0.39, 0.29) is 18.4 Å². The highest BCUT2D eigenvalue weighted by molar-refractivity contribution is 5.89. The number of carbonyl (C=O) groups is 1. The largest absolute Gasteiger partial charge is 0.462 e. The van der Waals surface area contributed by atoms with E-state index in [2.05, 4.69) is 5.32 Å². The number of piperidine rings is 1. The number of hydrogen-bond donors (Lipinski definition) is 1. The van der Waals surface area contributed by atoms with E-state index >= 15 is 0 Å². The number of carbonyl (C=O) groups excluding carboxylic acids is 1. The van der Waals surface area contributed by atoms with Crippen LogP contribution in [0.3, 0.4) is 0 Å². The molecule has 1 atom stereocenters. The molecule has 2 rings (SSSR count). The SMILES string of the molecule is CCOC(=O)c1ccc([C@@H]2CCCCN2)cc1.Cl. The van der Waals surface area contributed by atoms with Gasteiger partial charge in [0.2, 0.25) is 0 Å². The van der Waals surface area contributed by atoms with E-state index < -0.39 is 0 Å². The highest BCUT2D eigenvalue weighted by atomic mass is 35.5. The third-order valence-corrected chi connectivity index (χ3v) is 3.13. The fourth-order valence-electron chi connectivity index (χ4n) is 2.20. The average Bonchev–Trinajstić information content (AvgIpc) is 2.40. The first-order chi connectivity index (χ1) is 8.31. The molecule has 1 aliphatic heterocycles. The summed E-state index contributed by atoms with van der Waals surface area (Å²) >= 11 is 0. The van der Waals surface area contributed by atoms with Crippen LogP contribution < -0.4 is 5.32 Å². The summed E-state index contributed by atoms with van der Waals surface area (Å²) in [6.45, 7) is 3.33. The van der Waals surface area contributed by atoms with Crippen LogP contribution in [0.2, 0.25) is 0 Å². The van der Waals surface area contributed by atoms with Crippen molar-refractivity contribution in [2.24, 2.45) is 0 Å². The van der Waals surface area contributed by atoms with Gasteiger partial charge in [-0.05, 0) is 44.0 Å². The molecule has 0 spiro atoms. The molecule has 1 heterocycles. The molecule has 1 aliphatic rings. The summed E-state index contributed by atoms with van der Waals surface area (Å²) in [6, 6.07) is 8.19. The van der Waals surface area contributed by atoms with Gasteiger partial charge in [-0.25, -0.2) is 4.79 Å². The summed E-state index contributed by atoms with van der Waals surface area (Å²) in [5.41, 5.74) is 1.89. The van der Waals surface area contributed by atoms with E-state index in [1.54, 1.807) is 0 Å². The number of nitrogens with one attached hydrogen (secondary N) is 1. The van der Waals surface area contributed by atoms with Gasteiger partial charge in [-0.1, -0.05) is 18.6 Å². The van der Waals surface area contributed by atoms with Gasteiger partial charge in [0.1, 0.15) is 0 Å². The van der Waals surface area contributed by atoms with Crippen molar-refractivity contribution >= 4 is 18.4 Å². The van der Waals surface area contributed by atoms with Crippen LogP contribution in [0.25, 0.3) is 0 Å². The highest BCUT2D eigenvalue weighted by Crippen LogP contribution is 2.23. The Morgan fingerprint density at radius 1 is 1.33 bits per heavy atom. The van der Waals surface area contributed by atoms with Crippen molar-refractivity contribution in [3.63, 3.8) is 0 Å². The van der Waals surface area contributed by atoms with Gasteiger partial charge in [0.05, 0.1) is 12.2 Å². The summed E-state index contributed by atoms with van der Waals surface area (Å²) in [5.74, 6) is -0.240. The molecule has 0 aliphatic carbocycles. The summed E-state index contributed by atoms with van der Waals surface area (Å²) in [7, 11) is 0. The topological polar surface area (TPSA) is 38.3 Å². The van der Waals surface area contributed by atoms with Crippen LogP contribution in [0.15, 0.2) is 24.3 Å². The van der Waals surface area contributed by atoms with Gasteiger partial charge in [0.15, 0.2) is 0 Å². The third-order valence-electron chi connectivity index (χ3n) is 3.13. The van der Waals surface area contributed by atoms with Crippen LogP contribution in [0.5, 0.6) is 0 Å². The third kappa shape index (κ3) is 3.72. The molecular formula is C14H20ClNO2. The van der Waals surface area contributed by atoms with Crippen molar-refractivity contribution in [1.29, 1.82) is 0 Å². The van der Waals surface area contributed by atoms with E-state index in [4.69, 9.17) is 4.74 Å². The van der Waals surface area contributed by atoms with Crippen LogP contribution in [0.4, 0.5) is 0 Å². The summed E-state index contributed by atoms with van der Waals surface area (Å²) < 4.78 is 4.96. The first-order valence-corrected chi connectivity index (χ1v) is 6.31. The van der Waals surface area contributed by atoms with Crippen molar-refractivity contribution in [3.05, 3.63) is 35.4 Å². The van der Waals surface area contributed by atoms with Crippen molar-refractivity contribution in [2.75, 3.05) is 13.2 Å². The molecule has 0 radical (unpaired) electrons. The minimum absolute atomic E-state index is 0. The zero-order valence-corrected chi connectivity index (χ0v) is 11.5. The molecule has 0 aromatic heterocycles. The first kappa shape index (κ1) is 15.0. The Hall–Kier alpha value is -1.06. The number of hydrogen-bond acceptors (Lipinski definition) is 3. The molecule has 0 unspecified atom stereocenters. The lowest BCUT2D eigenvalue weighted by molar-refractivity contribution is 0.0526. The lowest BCUT2D eigenvalue weighted by atomic mass is 9.97. The molecule has 0 saturated carbocycles. The molecular weight excluding hydrogens is 250 g/mol. The normalized spacial score (nSPS) is 18.8. The first-order valence-electron chi connectivity index (χ1n) is 6.31. The Bertz CT molecular complexity index is 372. The Balaban J connectivity index is 0.00000162. The highest BCUT2D eigenvalue weighted by Gasteiger charge is 2.15. The maximum absolute atomic E-state index is 11.5. The molecule has 100 valence electrons. The lowest BCUT2D eigenvalue weighted by Gasteiger charge is -2.23. The maximum atomic E-state index is 11.5. The minimum atomic E-state index is -0.240. The van der Waals surface area contributed by atoms with E-state index in [1.165, 1.54) is 24.8 Å². The summed E-state index contributed by atoms with van der Waals surface area (Å²) in [4.78, 5) is 11.5. The molecule has 1 N–H and O–H groups in total. The second-order valence-corrected chi connectivity index (χ2v) is 4.34. The lowest BCUT2D eigenvalue weighted by Crippen LogP contribution is -2.26. The second kappa shape index (κ2) is 7.39. The molecule has 0 bridgehead atoms. The molecule has 1 saturated heterocycles. The zero-order valence-electron chi connectivity index (χ0n) is 10.6. The molecule has 1 aromatic rings. The van der Waals surface area contributed by atoms with Crippen molar-refractivity contribution < 1.29 is 9.53 Å². The minimum Gasteiger partial charge on any atom is -0.462 e. The van der Waals surface area contributed by atoms with Gasteiger partial charge in [0.25, 0.3) is 0 Å². The summed E-state index contributed by atoms with van der Waals surface area (Å²) in [5, 5.41) is 3.49. The van der Waals surface area contributed by atoms with Gasteiger partial charge >= 0.3 is 5.97 Å². The van der Waals surface area contributed by atoms with E-state index in [0.29, 0.717) is 18.2 Å². The fraction of sp³-hybridized carbons (Fsp3) is 0.500. The van der Waals surface area contributed by atoms with Gasteiger partial charge in [-0.15, -0.1) is 12.4 Å². The molecule has 3 nitrogen and oxygen atoms in total. The number of benzene rings is 1. The van der Waals surface area contributed by atoms with Crippen LogP contribution >= 0.6 is 12.4 Å². The molecule has 1 fully saturated rings. The monoisotopic (exact) mass is 269 g/mol. The Morgan fingerprint density at radius 2 is 2.06 bits per heavy atom. The van der Waals surface area contributed by atoms with Gasteiger partial charge in [0, 0.05) is 6.04 Å². The second-order valence-electron chi connectivity index (χ2n) is 4.34. The molecule has 0 amide bonds. The Morgan fingerprint density at radius 3 is 2.61 bits per heavy atom. The van der Waals surface area contributed by atoms with Crippen LogP contribution in [0, 0.1) is 0 Å². The number of ether oxygens (including phenoxy) is 1. The van der Waals surface area contributed by atoms with E-state index in [0.717, 1.165) is 6.54 Å². The van der Waals surface area contributed by atoms with Crippen LogP contribution in [-0.2, 0) is 4.74 Å². The maximum Gasteiger partial charge on any atom is 0.338 e. The number of esters is 1. The molecule has 18 heavy (non-hydrogen) atoms. The van der Waals surface area contributed by atoms with Crippen molar-refractivity contribution in [3.8, 4) is 0 Å². The van der Waals surface area contributed by atoms with Gasteiger partial charge in [-0.2, -0.15) is 0 Å². The zero-order chi connectivity index (χ0) is 12.1. The quantitative estimate of drug-likeness (QED) is 0.857. The molecule has 1 aromatic carbocycles. The van der Waals surface area contributed by atoms with Gasteiger partial charge < -0.3 is 10.1 Å². The fourth-order valence-corrected chi connectivity index (χ4v) is 2.20. The number of halogens is 1. The average molecular weight is 270 g/mol. The van der Waals surface area contributed by atoms with E-state index in [9.17, 15) is 4.79 Å².